The highest BCUT2D eigenvalue weighted by atomic mass is 16.8. The van der Waals surface area contributed by atoms with Crippen LogP contribution in [0.3, 0.4) is 0 Å². The molecule has 86 heavy (non-hydrogen) atoms. The van der Waals surface area contributed by atoms with Crippen molar-refractivity contribution in [2.45, 2.75) is 246 Å². The van der Waals surface area contributed by atoms with Gasteiger partial charge in [-0.1, -0.05) is 0 Å². The first-order valence-electron chi connectivity index (χ1n) is 28.0. The summed E-state index contributed by atoms with van der Waals surface area (Å²) in [5.74, 6) is 0. The maximum absolute atomic E-state index is 11.5. The normalized spacial score (nSPS) is 57.3. The maximum Gasteiger partial charge on any atom is 0.187 e. The fourth-order valence-electron chi connectivity index (χ4n) is 12.6. The third kappa shape index (κ3) is 12.1. The highest BCUT2D eigenvalue weighted by molar-refractivity contribution is 5.04. The fourth-order valence-corrected chi connectivity index (χ4v) is 12.6. The van der Waals surface area contributed by atoms with Gasteiger partial charge in [-0.15, -0.1) is 0 Å². The molecular weight excluding hydrogens is 1180 g/mol. The van der Waals surface area contributed by atoms with Crippen LogP contribution in [0, 0.1) is 0 Å². The molecule has 0 radical (unpaired) electrons. The smallest absolute Gasteiger partial charge is 0.187 e. The van der Waals surface area contributed by atoms with Gasteiger partial charge in [0, 0.05) is 0 Å². The predicted molar refractivity (Wildman–Crippen MR) is 254 cm³/mol. The molecule has 38 nitrogen and oxygen atoms in total. The molecule has 40 atom stereocenters. The summed E-state index contributed by atoms with van der Waals surface area (Å²) in [6.07, 6.45) is -72.4. The van der Waals surface area contributed by atoms with Crippen molar-refractivity contribution in [3.8, 4) is 0 Å². The zero-order valence-electron chi connectivity index (χ0n) is 45.0. The molecule has 0 aromatic heterocycles. The molecule has 34 heterocycles. The predicted octanol–water partition coefficient (Wildman–Crippen LogP) is -15.3. The Kier molecular flexibility index (Phi) is 20.9. The van der Waals surface area contributed by atoms with Crippen LogP contribution in [0.15, 0.2) is 0 Å². The van der Waals surface area contributed by atoms with Gasteiger partial charge < -0.3 is 187 Å². The summed E-state index contributed by atoms with van der Waals surface area (Å²) in [6.45, 7) is -6.48. The third-order valence-electron chi connectivity index (χ3n) is 17.4. The largest absolute Gasteiger partial charge is 0.394 e. The van der Waals surface area contributed by atoms with Gasteiger partial charge in [-0.25, -0.2) is 0 Å². The Hall–Kier alpha value is -1.52. The van der Waals surface area contributed by atoms with Gasteiger partial charge in [0.1, 0.15) is 195 Å². The minimum absolute atomic E-state index is 0.298. The van der Waals surface area contributed by atoms with Crippen molar-refractivity contribution in [3.63, 3.8) is 0 Å². The van der Waals surface area contributed by atoms with Crippen molar-refractivity contribution in [1.82, 2.24) is 0 Å². The van der Waals surface area contributed by atoms with Crippen LogP contribution in [-0.4, -0.2) is 401 Å². The molecule has 0 aliphatic carbocycles. The summed E-state index contributed by atoms with van der Waals surface area (Å²) >= 11 is 0. The van der Waals surface area contributed by atoms with Gasteiger partial charge in [-0.3, -0.25) is 0 Å². The lowest BCUT2D eigenvalue weighted by Gasteiger charge is -2.50. The molecule has 34 aliphatic rings. The third-order valence-corrected chi connectivity index (χ3v) is 17.4. The van der Waals surface area contributed by atoms with E-state index < -0.39 is 285 Å². The molecule has 0 aromatic rings. The van der Waals surface area contributed by atoms with E-state index in [1.807, 2.05) is 0 Å². The lowest BCUT2D eigenvalue weighted by molar-refractivity contribution is -0.397. The summed E-state index contributed by atoms with van der Waals surface area (Å²) in [6, 6.07) is 0. The van der Waals surface area contributed by atoms with Crippen molar-refractivity contribution < 1.29 is 187 Å². The minimum Gasteiger partial charge on any atom is -0.394 e. The molecule has 34 fully saturated rings. The first-order chi connectivity index (χ1) is 41.1. The fraction of sp³-hybridized carbons (Fsp3) is 1.00. The van der Waals surface area contributed by atoms with Gasteiger partial charge in [0.05, 0.1) is 52.9 Å². The Labute approximate surface area is 485 Å². The number of rotatable bonds is 6. The van der Waals surface area contributed by atoms with E-state index in [-0.39, 0.29) is 13.2 Å². The molecule has 20 N–H and O–H groups in total. The van der Waals surface area contributed by atoms with Gasteiger partial charge in [-0.2, -0.15) is 0 Å². The van der Waals surface area contributed by atoms with E-state index in [2.05, 4.69) is 0 Å². The SMILES string of the molecule is OC[C@H]1O[C@@H]2O[C@H]3[C@H](O)[C@@H](O)[C@@H](O[C@H]4[C@@H]5OC[C@H]4O[C@H](O[C@H]4[C@H](O)[C@@H](O)[C@@H](O[C@H]6[C@H](O)[C@@H](O)[C@@H](O[C@H]7[C@@H]8OC[C@H]7O[C@H](O[C@H]7[C@H](O)[C@@H](O)[C@@H](O[C@H]9[C@H](O)[C@@H](O)[C@@H](O[C@H]1[C@H](O)[C@H]2O)O[C@@H]9CO)O[C@@H]7CO)[C@@H]8O)O[C@@H]6CO)O[C@@H]4CO)[C@@H]5O)O[C@@H]3CO. The molecule has 0 unspecified atom stereocenters. The lowest BCUT2D eigenvalue weighted by Crippen LogP contribution is -2.68. The van der Waals surface area contributed by atoms with Crippen LogP contribution in [0.25, 0.3) is 0 Å². The second kappa shape index (κ2) is 27.2. The quantitative estimate of drug-likeness (QED) is 0.117. The van der Waals surface area contributed by atoms with Gasteiger partial charge in [0.2, 0.25) is 0 Å². The molecule has 34 aliphatic heterocycles. The van der Waals surface area contributed by atoms with Gasteiger partial charge in [0.15, 0.2) is 50.3 Å². The Morgan fingerprint density at radius 1 is 0.186 bits per heavy atom. The molecule has 38 heteroatoms. The average Bonchev–Trinajstić information content (AvgIpc) is 1.53. The van der Waals surface area contributed by atoms with E-state index >= 15 is 0 Å². The Morgan fingerprint density at radius 3 is 0.547 bits per heavy atom. The number of hydrogen-bond donors (Lipinski definition) is 20. The van der Waals surface area contributed by atoms with E-state index in [0.717, 1.165) is 0 Å². The zero-order chi connectivity index (χ0) is 61.5. The van der Waals surface area contributed by atoms with Crippen LogP contribution >= 0.6 is 0 Å². The van der Waals surface area contributed by atoms with E-state index in [4.69, 9.17) is 85.3 Å². The Morgan fingerprint density at radius 2 is 0.360 bits per heavy atom. The molecule has 496 valence electrons. The molecule has 0 aromatic carbocycles. The highest BCUT2D eigenvalue weighted by Crippen LogP contribution is 2.42. The maximum atomic E-state index is 11.5. The van der Waals surface area contributed by atoms with Crippen molar-refractivity contribution in [2.24, 2.45) is 0 Å². The molecule has 34 saturated heterocycles. The first-order valence-corrected chi connectivity index (χ1v) is 28.0. The number of ether oxygens (including phenoxy) is 18. The minimum atomic E-state index is -2.18. The molecule has 20 bridgehead atoms. The second-order valence-corrected chi connectivity index (χ2v) is 22.7. The monoisotopic (exact) mass is 1260 g/mol. The van der Waals surface area contributed by atoms with Gasteiger partial charge >= 0.3 is 0 Å². The van der Waals surface area contributed by atoms with Crippen molar-refractivity contribution >= 4 is 0 Å². The molecule has 34 rings (SSSR count). The second-order valence-electron chi connectivity index (χ2n) is 22.7. The van der Waals surface area contributed by atoms with E-state index in [1.165, 1.54) is 0 Å². The molecule has 0 amide bonds. The van der Waals surface area contributed by atoms with E-state index in [0.29, 0.717) is 0 Å². The van der Waals surface area contributed by atoms with Crippen LogP contribution in [0.2, 0.25) is 0 Å². The van der Waals surface area contributed by atoms with Crippen molar-refractivity contribution in [3.05, 3.63) is 0 Å². The lowest BCUT2D eigenvalue weighted by atomic mass is 9.95. The van der Waals surface area contributed by atoms with Crippen LogP contribution in [0.5, 0.6) is 0 Å². The zero-order valence-corrected chi connectivity index (χ0v) is 45.0. The Bertz CT molecular complexity index is 2160. The summed E-state index contributed by atoms with van der Waals surface area (Å²) in [5, 5.41) is 222. The molecular formula is C48H76O38. The van der Waals surface area contributed by atoms with Gasteiger partial charge in [-0.05, 0) is 0 Å². The van der Waals surface area contributed by atoms with E-state index in [1.54, 1.807) is 0 Å². The van der Waals surface area contributed by atoms with Crippen LogP contribution in [-0.2, 0) is 85.3 Å². The Balaban J connectivity index is 0.836. The van der Waals surface area contributed by atoms with Crippen molar-refractivity contribution in [2.75, 3.05) is 52.9 Å². The number of aliphatic hydroxyl groups is 20. The summed E-state index contributed by atoms with van der Waals surface area (Å²) in [5.41, 5.74) is 0. The standard InChI is InChI=1S/C48H76O38/c49-1-9-31-18(56)24(62)42(72-9)81-33-11(3-51)75-45(27(65)21(33)59)85-37-15-7-70-40(37)30(68)48(78-15)84-36-14(6-54)74-44(26(64)20(36)58)82-34-12(4-52)76-46(28(66)22(34)60)86-38-16-8-69-39(38)29(67)47(77-16)83-35-13(5-53)73-43(25(63)19(35)57)80-32-10(2-50)71-41(79-31)23(61)17(32)55/h9-68H,1-8H2/t9-,10-,11-,12-,13-,14-,15-,16-,17-,18-,19-,20-,21-,22-,23-,24-,25-,26-,27-,28-,29-,30-,31-,32-,33-,34-,35-,36-,37-,38-,39-,40-,41-,42-,43-,44-,45-,46-,47-,48-/m1/s1. The number of aliphatic hydroxyl groups excluding tert-OH is 20. The molecule has 0 saturated carbocycles. The number of hydrogen-bond acceptors (Lipinski definition) is 38. The highest BCUT2D eigenvalue weighted by Gasteiger charge is 2.62. The van der Waals surface area contributed by atoms with E-state index in [9.17, 15) is 102 Å². The summed E-state index contributed by atoms with van der Waals surface area (Å²) in [4.78, 5) is 0. The summed E-state index contributed by atoms with van der Waals surface area (Å²) < 4.78 is 105. The first kappa shape index (κ1) is 66.0. The summed E-state index contributed by atoms with van der Waals surface area (Å²) in [7, 11) is 0. The van der Waals surface area contributed by atoms with Crippen LogP contribution in [0.1, 0.15) is 0 Å². The van der Waals surface area contributed by atoms with Crippen LogP contribution < -0.4 is 0 Å². The van der Waals surface area contributed by atoms with Gasteiger partial charge in [0.25, 0.3) is 0 Å². The average molecular weight is 1260 g/mol. The van der Waals surface area contributed by atoms with Crippen molar-refractivity contribution in [1.29, 1.82) is 0 Å². The molecule has 0 spiro atoms. The topological polar surface area (TPSA) is 571 Å². The van der Waals surface area contributed by atoms with Crippen LogP contribution in [0.4, 0.5) is 0 Å².